The Hall–Kier alpha value is -2.46. The lowest BCUT2D eigenvalue weighted by Gasteiger charge is -2.21. The molecule has 0 aromatic rings. The van der Waals surface area contributed by atoms with E-state index in [9.17, 15) is 43.2 Å². The summed E-state index contributed by atoms with van der Waals surface area (Å²) in [5, 5.41) is 10.6. The molecule has 0 aromatic heterocycles. The van der Waals surface area contributed by atoms with Crippen molar-refractivity contribution in [3.05, 3.63) is 24.3 Å². The van der Waals surface area contributed by atoms with Crippen LogP contribution >= 0.6 is 15.6 Å². The average molecular weight is 1280 g/mol. The second-order valence-corrected chi connectivity index (χ2v) is 27.3. The van der Waals surface area contributed by atoms with Crippen LogP contribution in [0.2, 0.25) is 0 Å². The third-order valence-electron chi connectivity index (χ3n) is 15.2. The van der Waals surface area contributed by atoms with Crippen LogP contribution in [0.3, 0.4) is 0 Å². The van der Waals surface area contributed by atoms with Gasteiger partial charge in [-0.15, -0.1) is 0 Å². The third kappa shape index (κ3) is 62.1. The van der Waals surface area contributed by atoms with E-state index in [2.05, 4.69) is 58.9 Å². The van der Waals surface area contributed by atoms with Crippen molar-refractivity contribution in [1.82, 2.24) is 0 Å². The highest BCUT2D eigenvalue weighted by molar-refractivity contribution is 7.47. The lowest BCUT2D eigenvalue weighted by Crippen LogP contribution is -2.30. The molecular formula is C68H128O17P2. The van der Waals surface area contributed by atoms with Crippen LogP contribution in [0.4, 0.5) is 0 Å². The minimum absolute atomic E-state index is 0.0846. The highest BCUT2D eigenvalue weighted by atomic mass is 31.2. The van der Waals surface area contributed by atoms with Crippen LogP contribution in [-0.2, 0) is 65.4 Å². The highest BCUT2D eigenvalue weighted by Crippen LogP contribution is 2.45. The number of carbonyl (C=O) groups is 4. The van der Waals surface area contributed by atoms with Gasteiger partial charge in [-0.25, -0.2) is 9.13 Å². The summed E-state index contributed by atoms with van der Waals surface area (Å²) in [5.41, 5.74) is 0. The molecule has 2 unspecified atom stereocenters. The third-order valence-corrected chi connectivity index (χ3v) is 17.1. The maximum Gasteiger partial charge on any atom is 0.472 e. The lowest BCUT2D eigenvalue weighted by atomic mass is 10.0. The number of aliphatic hydroxyl groups excluding tert-OH is 1. The molecule has 0 spiro atoms. The van der Waals surface area contributed by atoms with E-state index in [0.29, 0.717) is 25.7 Å². The summed E-state index contributed by atoms with van der Waals surface area (Å²) in [6.45, 7) is 7.11. The van der Waals surface area contributed by atoms with Crippen LogP contribution in [-0.4, -0.2) is 96.7 Å². The molecule has 19 heteroatoms. The number of rotatable bonds is 66. The minimum atomic E-state index is -4.96. The number of aliphatic hydroxyl groups is 1. The number of hydrogen-bond acceptors (Lipinski definition) is 15. The Bertz CT molecular complexity index is 1780. The Morgan fingerprint density at radius 3 is 0.943 bits per heavy atom. The zero-order valence-corrected chi connectivity index (χ0v) is 57.4. The van der Waals surface area contributed by atoms with Gasteiger partial charge in [-0.1, -0.05) is 271 Å². The molecule has 0 amide bonds. The first kappa shape index (κ1) is 84.5. The standard InChI is InChI=1S/C68H128O17P2/c1-6-9-12-15-18-21-24-25-26-27-29-32-39-44-49-54-68(73)85-64(58-79-66(71)52-47-42-37-34-33-35-40-45-50-61(4)5)60-83-87(76,77)81-56-62(69)55-80-86(74,75)82-59-63(57-78-65(70)51-46-41-36-30-23-20-17-14-11-8-3)84-67(72)53-48-43-38-31-28-22-19-16-13-10-7-2/h21,24-26,61-64,69H,6-20,22-23,27-60H2,1-5H3,(H,74,75)(H,76,77)/b24-21-,26-25-/t62-,63+,64+/m0/s1. The van der Waals surface area contributed by atoms with E-state index >= 15 is 0 Å². The van der Waals surface area contributed by atoms with E-state index < -0.39 is 97.5 Å². The van der Waals surface area contributed by atoms with Gasteiger partial charge in [0.2, 0.25) is 0 Å². The van der Waals surface area contributed by atoms with Crippen LogP contribution in [0.5, 0.6) is 0 Å². The summed E-state index contributed by atoms with van der Waals surface area (Å²) in [4.78, 5) is 72.4. The monoisotopic (exact) mass is 1280 g/mol. The van der Waals surface area contributed by atoms with Gasteiger partial charge in [-0.2, -0.15) is 0 Å². The van der Waals surface area contributed by atoms with Gasteiger partial charge in [-0.05, 0) is 57.3 Å². The van der Waals surface area contributed by atoms with E-state index in [0.717, 1.165) is 115 Å². The van der Waals surface area contributed by atoms with Crippen molar-refractivity contribution < 1.29 is 80.2 Å². The van der Waals surface area contributed by atoms with Crippen LogP contribution in [0.15, 0.2) is 24.3 Å². The van der Waals surface area contributed by atoms with Crippen molar-refractivity contribution in [1.29, 1.82) is 0 Å². The van der Waals surface area contributed by atoms with Gasteiger partial charge in [-0.3, -0.25) is 37.3 Å². The molecule has 0 fully saturated rings. The summed E-state index contributed by atoms with van der Waals surface area (Å²) >= 11 is 0. The minimum Gasteiger partial charge on any atom is -0.462 e. The number of allylic oxidation sites excluding steroid dienone is 4. The first-order valence-electron chi connectivity index (χ1n) is 35.0. The molecule has 0 aromatic carbocycles. The van der Waals surface area contributed by atoms with Crippen LogP contribution in [0.1, 0.15) is 324 Å². The predicted octanol–water partition coefficient (Wildman–Crippen LogP) is 18.9. The molecule has 0 aliphatic heterocycles. The fraction of sp³-hybridized carbons (Fsp3) is 0.882. The maximum atomic E-state index is 13.0. The smallest absolute Gasteiger partial charge is 0.462 e. The predicted molar refractivity (Wildman–Crippen MR) is 349 cm³/mol. The topological polar surface area (TPSA) is 237 Å². The second kappa shape index (κ2) is 61.1. The molecular weight excluding hydrogens is 1150 g/mol. The van der Waals surface area contributed by atoms with Gasteiger partial charge in [0.15, 0.2) is 12.2 Å². The molecule has 0 bridgehead atoms. The molecule has 0 heterocycles. The Balaban J connectivity index is 5.28. The number of ether oxygens (including phenoxy) is 4. The molecule has 0 saturated carbocycles. The van der Waals surface area contributed by atoms with Gasteiger partial charge in [0.1, 0.15) is 19.3 Å². The molecule has 0 radical (unpaired) electrons. The molecule has 5 atom stereocenters. The molecule has 17 nitrogen and oxygen atoms in total. The number of unbranched alkanes of at least 4 members (excludes halogenated alkanes) is 35. The summed E-state index contributed by atoms with van der Waals surface area (Å²) in [6.07, 6.45) is 49.3. The number of esters is 4. The van der Waals surface area contributed by atoms with E-state index in [4.69, 9.17) is 37.0 Å². The molecule has 0 aliphatic carbocycles. The Morgan fingerprint density at radius 1 is 0.356 bits per heavy atom. The van der Waals surface area contributed by atoms with E-state index in [1.165, 1.54) is 128 Å². The van der Waals surface area contributed by atoms with Crippen LogP contribution in [0.25, 0.3) is 0 Å². The number of phosphoric acid groups is 2. The number of phosphoric ester groups is 2. The number of carbonyl (C=O) groups excluding carboxylic acids is 4. The Labute approximate surface area is 529 Å². The fourth-order valence-corrected chi connectivity index (χ4v) is 11.3. The molecule has 3 N–H and O–H groups in total. The van der Waals surface area contributed by atoms with Gasteiger partial charge >= 0.3 is 39.5 Å². The van der Waals surface area contributed by atoms with E-state index in [1.54, 1.807) is 0 Å². The first-order valence-corrected chi connectivity index (χ1v) is 37.9. The van der Waals surface area contributed by atoms with E-state index in [1.807, 2.05) is 0 Å². The summed E-state index contributed by atoms with van der Waals surface area (Å²) < 4.78 is 68.1. The fourth-order valence-electron chi connectivity index (χ4n) is 9.75. The van der Waals surface area contributed by atoms with Crippen molar-refractivity contribution in [2.24, 2.45) is 5.92 Å². The number of hydrogen-bond donors (Lipinski definition) is 3. The molecule has 0 saturated heterocycles. The quantitative estimate of drug-likeness (QED) is 0.0169. The molecule has 87 heavy (non-hydrogen) atoms. The van der Waals surface area contributed by atoms with Gasteiger partial charge in [0.25, 0.3) is 0 Å². The van der Waals surface area contributed by atoms with E-state index in [-0.39, 0.29) is 25.7 Å². The van der Waals surface area contributed by atoms with Gasteiger partial charge in [0, 0.05) is 25.7 Å². The highest BCUT2D eigenvalue weighted by Gasteiger charge is 2.30. The maximum absolute atomic E-state index is 13.0. The van der Waals surface area contributed by atoms with Crippen LogP contribution < -0.4 is 0 Å². The van der Waals surface area contributed by atoms with Crippen molar-refractivity contribution >= 4 is 39.5 Å². The van der Waals surface area contributed by atoms with Gasteiger partial charge < -0.3 is 33.8 Å². The van der Waals surface area contributed by atoms with Gasteiger partial charge in [0.05, 0.1) is 26.4 Å². The zero-order valence-electron chi connectivity index (χ0n) is 55.6. The van der Waals surface area contributed by atoms with Crippen molar-refractivity contribution in [2.75, 3.05) is 39.6 Å². The van der Waals surface area contributed by atoms with Crippen LogP contribution in [0, 0.1) is 5.92 Å². The SMILES string of the molecule is CCCCCC/C=C\C=C/CCCCCCCC(=O)O[C@H](COC(=O)CCCCCCCCCCC(C)C)COP(=O)(O)OC[C@@H](O)COP(=O)(O)OC[C@@H](COC(=O)CCCCCCCCCCCC)OC(=O)CCCCCCCCCCCCC. The molecule has 0 aliphatic rings. The second-order valence-electron chi connectivity index (χ2n) is 24.4. The Morgan fingerprint density at radius 2 is 0.621 bits per heavy atom. The average Bonchev–Trinajstić information content (AvgIpc) is 3.70. The molecule has 512 valence electrons. The van der Waals surface area contributed by atoms with Crippen molar-refractivity contribution in [3.63, 3.8) is 0 Å². The largest absolute Gasteiger partial charge is 0.472 e. The van der Waals surface area contributed by atoms with Crippen molar-refractivity contribution in [3.8, 4) is 0 Å². The summed E-state index contributed by atoms with van der Waals surface area (Å²) in [6, 6.07) is 0. The summed E-state index contributed by atoms with van der Waals surface area (Å²) in [5.74, 6) is -1.43. The van der Waals surface area contributed by atoms with Crippen molar-refractivity contribution in [2.45, 2.75) is 342 Å². The molecule has 0 rings (SSSR count). The lowest BCUT2D eigenvalue weighted by molar-refractivity contribution is -0.161. The summed E-state index contributed by atoms with van der Waals surface area (Å²) in [7, 11) is -9.91. The zero-order chi connectivity index (χ0) is 64.2. The first-order chi connectivity index (χ1) is 42.0. The normalized spacial score (nSPS) is 14.3. The Kier molecular flexibility index (Phi) is 59.3.